The Labute approximate surface area is 221 Å². The van der Waals surface area contributed by atoms with E-state index in [-0.39, 0.29) is 0 Å². The molecule has 0 spiro atoms. The average Bonchev–Trinajstić information content (AvgIpc) is 2.86. The predicted molar refractivity (Wildman–Crippen MR) is 157 cm³/mol. The highest BCUT2D eigenvalue weighted by Crippen LogP contribution is 2.22. The molecule has 0 bridgehead atoms. The van der Waals surface area contributed by atoms with Gasteiger partial charge in [0.1, 0.15) is 0 Å². The van der Waals surface area contributed by atoms with Gasteiger partial charge in [0.05, 0.1) is 9.52 Å². The Balaban J connectivity index is 2.45. The van der Waals surface area contributed by atoms with Crippen LogP contribution < -0.4 is 15.0 Å². The topological polar surface area (TPSA) is 34.2 Å². The number of nitrogens with zero attached hydrogens (tertiary/aromatic N) is 2. The van der Waals surface area contributed by atoms with E-state index >= 15 is 0 Å². The van der Waals surface area contributed by atoms with E-state index in [0.717, 1.165) is 48.2 Å². The molecule has 0 amide bonds. The third kappa shape index (κ3) is 11.4. The van der Waals surface area contributed by atoms with Gasteiger partial charge in [0, 0.05) is 63.4 Å². The smallest absolute Gasteiger partial charge is 0.374 e. The van der Waals surface area contributed by atoms with Gasteiger partial charge < -0.3 is 23.1 Å². The lowest BCUT2D eigenvalue weighted by Crippen LogP contribution is -2.45. The normalized spacial score (nSPS) is 11.7. The lowest BCUT2D eigenvalue weighted by Gasteiger charge is -2.28. The minimum atomic E-state index is -2.46. The van der Waals surface area contributed by atoms with Crippen LogP contribution in [0.25, 0.3) is 0 Å². The first-order valence-electron chi connectivity index (χ1n) is 14.3. The Morgan fingerprint density at radius 3 is 1.69 bits per heavy atom. The Bertz CT molecular complexity index is 638. The standard InChI is InChI=1S/C28H54N2O3Si2/c1-8-29(9-2)26-21-22-28(27(25-26)30(10-3)11-4)34-23-19-17-15-16-18-20-24-35(31-12-5,32-13-6)33-14-7/h21-22,25H,8-20,23-24H2,1-7H3. The van der Waals surface area contributed by atoms with Crippen molar-refractivity contribution in [2.45, 2.75) is 99.1 Å². The first-order valence-corrected chi connectivity index (χ1v) is 17.5. The second-order valence-electron chi connectivity index (χ2n) is 8.83. The molecule has 0 atom stereocenters. The molecule has 0 aliphatic carbocycles. The van der Waals surface area contributed by atoms with E-state index in [2.05, 4.69) is 55.7 Å². The van der Waals surface area contributed by atoms with Gasteiger partial charge in [-0.1, -0.05) is 44.2 Å². The second-order valence-corrected chi connectivity index (χ2v) is 13.0. The molecule has 0 saturated carbocycles. The van der Waals surface area contributed by atoms with Gasteiger partial charge in [0.2, 0.25) is 0 Å². The fourth-order valence-corrected chi connectivity index (χ4v) is 8.67. The molecule has 0 saturated heterocycles. The molecular weight excluding hydrogens is 468 g/mol. The van der Waals surface area contributed by atoms with Gasteiger partial charge in [-0.2, -0.15) is 0 Å². The maximum atomic E-state index is 5.98. The highest BCUT2D eigenvalue weighted by molar-refractivity contribution is 6.60. The summed E-state index contributed by atoms with van der Waals surface area (Å²) in [6.45, 7) is 21.4. The Hall–Kier alpha value is -0.866. The lowest BCUT2D eigenvalue weighted by atomic mass is 10.1. The third-order valence-electron chi connectivity index (χ3n) is 6.53. The summed E-state index contributed by atoms with van der Waals surface area (Å²) in [7, 11) is -1.56. The summed E-state index contributed by atoms with van der Waals surface area (Å²) >= 11 is 0. The van der Waals surface area contributed by atoms with Crippen LogP contribution in [-0.2, 0) is 13.3 Å². The van der Waals surface area contributed by atoms with Crippen LogP contribution in [0.15, 0.2) is 18.2 Å². The number of anilines is 2. The number of benzene rings is 1. The Kier molecular flexibility index (Phi) is 17.7. The van der Waals surface area contributed by atoms with Crippen molar-refractivity contribution in [3.05, 3.63) is 18.2 Å². The molecule has 0 fully saturated rings. The fourth-order valence-electron chi connectivity index (χ4n) is 4.68. The van der Waals surface area contributed by atoms with Crippen LogP contribution in [0.2, 0.25) is 12.1 Å². The van der Waals surface area contributed by atoms with Crippen molar-refractivity contribution in [3.8, 4) is 0 Å². The molecule has 5 nitrogen and oxygen atoms in total. The second kappa shape index (κ2) is 19.3. The van der Waals surface area contributed by atoms with E-state index in [1.807, 2.05) is 20.8 Å². The van der Waals surface area contributed by atoms with Gasteiger partial charge in [-0.25, -0.2) is 0 Å². The van der Waals surface area contributed by atoms with Crippen LogP contribution in [0, 0.1) is 0 Å². The zero-order valence-electron chi connectivity index (χ0n) is 24.0. The minimum absolute atomic E-state index is 0.668. The Morgan fingerprint density at radius 2 is 1.17 bits per heavy atom. The monoisotopic (exact) mass is 522 g/mol. The molecule has 0 aliphatic heterocycles. The molecule has 7 heteroatoms. The van der Waals surface area contributed by atoms with Gasteiger partial charge in [-0.3, -0.25) is 0 Å². The van der Waals surface area contributed by atoms with Crippen LogP contribution in [0.3, 0.4) is 0 Å². The lowest BCUT2D eigenvalue weighted by molar-refractivity contribution is 0.0706. The van der Waals surface area contributed by atoms with Crippen LogP contribution in [0.4, 0.5) is 11.4 Å². The predicted octanol–water partition coefficient (Wildman–Crippen LogP) is 6.52. The number of hydrogen-bond donors (Lipinski definition) is 0. The highest BCUT2D eigenvalue weighted by atomic mass is 28.4. The van der Waals surface area contributed by atoms with Crippen LogP contribution >= 0.6 is 0 Å². The molecule has 0 aromatic heterocycles. The van der Waals surface area contributed by atoms with Gasteiger partial charge in [-0.05, 0) is 72.2 Å². The van der Waals surface area contributed by atoms with Gasteiger partial charge in [0.15, 0.2) is 0 Å². The van der Waals surface area contributed by atoms with E-state index in [0.29, 0.717) is 19.8 Å². The van der Waals surface area contributed by atoms with Crippen molar-refractivity contribution in [1.82, 2.24) is 0 Å². The van der Waals surface area contributed by atoms with E-state index in [1.165, 1.54) is 54.7 Å². The first kappa shape index (κ1) is 32.2. The SMILES string of the molecule is CCO[Si](CCCCCCCC[Si]c1ccc(N(CC)CC)cc1N(CC)CC)(OCC)OCC. The Morgan fingerprint density at radius 1 is 0.657 bits per heavy atom. The molecule has 202 valence electrons. The summed E-state index contributed by atoms with van der Waals surface area (Å²) in [5.74, 6) is 0. The van der Waals surface area contributed by atoms with Crippen LogP contribution in [0.5, 0.6) is 0 Å². The number of hydrogen-bond acceptors (Lipinski definition) is 5. The molecule has 0 N–H and O–H groups in total. The zero-order chi connectivity index (χ0) is 25.9. The molecule has 1 rings (SSSR count). The highest BCUT2D eigenvalue weighted by Gasteiger charge is 2.39. The van der Waals surface area contributed by atoms with E-state index in [1.54, 1.807) is 0 Å². The molecular formula is C28H54N2O3Si2. The van der Waals surface area contributed by atoms with Crippen molar-refractivity contribution >= 4 is 34.9 Å². The molecule has 0 heterocycles. The summed E-state index contributed by atoms with van der Waals surface area (Å²) in [6, 6.07) is 9.40. The summed E-state index contributed by atoms with van der Waals surface area (Å²) in [5, 5.41) is 1.54. The molecule has 2 radical (unpaired) electrons. The number of rotatable bonds is 22. The van der Waals surface area contributed by atoms with Crippen LogP contribution in [0.1, 0.15) is 87.0 Å². The van der Waals surface area contributed by atoms with Crippen molar-refractivity contribution in [3.63, 3.8) is 0 Å². The maximum absolute atomic E-state index is 5.98. The van der Waals surface area contributed by atoms with Gasteiger partial charge in [-0.15, -0.1) is 0 Å². The molecule has 35 heavy (non-hydrogen) atoms. The first-order chi connectivity index (χ1) is 17.0. The maximum Gasteiger partial charge on any atom is 0.500 e. The quantitative estimate of drug-likeness (QED) is 0.128. The van der Waals surface area contributed by atoms with Crippen molar-refractivity contribution < 1.29 is 13.3 Å². The van der Waals surface area contributed by atoms with Crippen molar-refractivity contribution in [2.75, 3.05) is 55.8 Å². The largest absolute Gasteiger partial charge is 0.500 e. The zero-order valence-corrected chi connectivity index (χ0v) is 26.0. The molecule has 0 aliphatic rings. The summed E-state index contributed by atoms with van der Waals surface area (Å²) in [6.07, 6.45) is 7.64. The summed E-state index contributed by atoms with van der Waals surface area (Å²) in [4.78, 5) is 4.97. The third-order valence-corrected chi connectivity index (χ3v) is 11.1. The molecule has 1 aromatic rings. The molecule has 0 unspecified atom stereocenters. The van der Waals surface area contributed by atoms with E-state index in [4.69, 9.17) is 13.3 Å². The summed E-state index contributed by atoms with van der Waals surface area (Å²) < 4.78 is 17.9. The summed E-state index contributed by atoms with van der Waals surface area (Å²) in [5.41, 5.74) is 2.80. The minimum Gasteiger partial charge on any atom is -0.374 e. The van der Waals surface area contributed by atoms with Crippen molar-refractivity contribution in [1.29, 1.82) is 0 Å². The number of unbranched alkanes of at least 4 members (excludes halogenated alkanes) is 5. The van der Waals surface area contributed by atoms with Gasteiger partial charge in [0.25, 0.3) is 0 Å². The van der Waals surface area contributed by atoms with E-state index < -0.39 is 8.80 Å². The molecule has 1 aromatic carbocycles. The van der Waals surface area contributed by atoms with Gasteiger partial charge >= 0.3 is 8.80 Å². The van der Waals surface area contributed by atoms with E-state index in [9.17, 15) is 0 Å². The fraction of sp³-hybridized carbons (Fsp3) is 0.786. The van der Waals surface area contributed by atoms with Crippen LogP contribution in [-0.4, -0.2) is 64.3 Å². The van der Waals surface area contributed by atoms with Crippen molar-refractivity contribution in [2.24, 2.45) is 0 Å². The average molecular weight is 523 g/mol.